The van der Waals surface area contributed by atoms with E-state index in [1.165, 1.54) is 107 Å². The van der Waals surface area contributed by atoms with E-state index in [9.17, 15) is 0 Å². The predicted molar refractivity (Wildman–Crippen MR) is 233 cm³/mol. The largest absolute Gasteiger partial charge is 0.455 e. The summed E-state index contributed by atoms with van der Waals surface area (Å²) in [5.74, 6) is 0. The molecular weight excluding hydrogens is 673 g/mol. The molecule has 10 aromatic carbocycles. The Morgan fingerprint density at radius 3 is 1.52 bits per heavy atom. The van der Waals surface area contributed by atoms with Gasteiger partial charge in [-0.25, -0.2) is 0 Å². The van der Waals surface area contributed by atoms with Gasteiger partial charge >= 0.3 is 0 Å². The van der Waals surface area contributed by atoms with Gasteiger partial charge in [-0.2, -0.15) is 0 Å². The fourth-order valence-electron chi connectivity index (χ4n) is 9.22. The highest BCUT2D eigenvalue weighted by Gasteiger charge is 2.22. The summed E-state index contributed by atoms with van der Waals surface area (Å²) in [6.07, 6.45) is 0. The summed E-state index contributed by atoms with van der Waals surface area (Å²) in [4.78, 5) is 0. The van der Waals surface area contributed by atoms with E-state index in [1.54, 1.807) is 0 Å². The normalized spacial score (nSPS) is 12.1. The van der Waals surface area contributed by atoms with Crippen LogP contribution < -0.4 is 0 Å². The van der Waals surface area contributed by atoms with Crippen molar-refractivity contribution in [3.63, 3.8) is 0 Å². The number of hydrogen-bond donors (Lipinski definition) is 0. The van der Waals surface area contributed by atoms with Crippen molar-refractivity contribution in [2.45, 2.75) is 0 Å². The first kappa shape index (κ1) is 29.8. The first-order chi connectivity index (χ1) is 26.8. The van der Waals surface area contributed by atoms with Gasteiger partial charge in [-0.1, -0.05) is 158 Å². The molecule has 0 saturated heterocycles. The molecule has 0 fully saturated rings. The van der Waals surface area contributed by atoms with Gasteiger partial charge in [-0.15, -0.1) is 11.3 Å². The van der Waals surface area contributed by atoms with Crippen LogP contribution in [0.3, 0.4) is 0 Å². The van der Waals surface area contributed by atoms with Crippen LogP contribution in [-0.2, 0) is 0 Å². The quantitative estimate of drug-likeness (QED) is 0.167. The average molecular weight is 703 g/mol. The number of benzene rings is 10. The van der Waals surface area contributed by atoms with Gasteiger partial charge < -0.3 is 4.42 Å². The molecule has 1 nitrogen and oxygen atoms in total. The number of rotatable bonds is 3. The fourth-order valence-corrected chi connectivity index (χ4v) is 10.3. The number of hydrogen-bond acceptors (Lipinski definition) is 2. The predicted octanol–water partition coefficient (Wildman–Crippen LogP) is 15.6. The van der Waals surface area contributed by atoms with Crippen LogP contribution in [0.5, 0.6) is 0 Å². The lowest BCUT2D eigenvalue weighted by Gasteiger charge is -2.20. The van der Waals surface area contributed by atoms with E-state index in [0.717, 1.165) is 11.2 Å². The molecule has 12 aromatic rings. The van der Waals surface area contributed by atoms with Crippen molar-refractivity contribution in [1.29, 1.82) is 0 Å². The lowest BCUT2D eigenvalue weighted by atomic mass is 9.83. The van der Waals surface area contributed by atoms with Crippen LogP contribution in [0.15, 0.2) is 186 Å². The maximum atomic E-state index is 6.96. The molecule has 0 N–H and O–H groups in total. The standard InChI is InChI=1S/C52H30OS/c1-2-14-31(15-3-1)48-37-20-8-10-22-39(37)49(40-23-11-9-21-38(40)48)41-27-26-35(32-16-4-5-17-33(32)41)44-30-45-50(36-19-7-6-18-34(36)44)43-28-29-47-51(52(43)53-45)42-24-12-13-25-46(42)54-47/h1-30H. The molecule has 2 aromatic heterocycles. The summed E-state index contributed by atoms with van der Waals surface area (Å²) in [5, 5.41) is 14.8. The van der Waals surface area contributed by atoms with E-state index < -0.39 is 0 Å². The molecule has 0 aliphatic heterocycles. The van der Waals surface area contributed by atoms with Crippen LogP contribution in [0, 0.1) is 0 Å². The van der Waals surface area contributed by atoms with Crippen molar-refractivity contribution in [1.82, 2.24) is 0 Å². The maximum Gasteiger partial charge on any atom is 0.144 e. The first-order valence-corrected chi connectivity index (χ1v) is 19.3. The third-order valence-corrected chi connectivity index (χ3v) is 12.6. The lowest BCUT2D eigenvalue weighted by Crippen LogP contribution is -1.92. The topological polar surface area (TPSA) is 13.1 Å². The van der Waals surface area contributed by atoms with Gasteiger partial charge in [0.05, 0.1) is 0 Å². The Morgan fingerprint density at radius 2 is 0.833 bits per heavy atom. The Labute approximate surface area is 314 Å². The van der Waals surface area contributed by atoms with Crippen molar-refractivity contribution in [3.05, 3.63) is 182 Å². The molecule has 0 atom stereocenters. The second-order valence-corrected chi connectivity index (χ2v) is 15.4. The zero-order chi connectivity index (χ0) is 35.3. The van der Waals surface area contributed by atoms with Crippen LogP contribution in [0.2, 0.25) is 0 Å². The zero-order valence-electron chi connectivity index (χ0n) is 29.1. The molecule has 54 heavy (non-hydrogen) atoms. The van der Waals surface area contributed by atoms with Gasteiger partial charge in [0.2, 0.25) is 0 Å². The van der Waals surface area contributed by atoms with E-state index in [0.29, 0.717) is 0 Å². The van der Waals surface area contributed by atoms with Crippen molar-refractivity contribution in [3.8, 4) is 33.4 Å². The number of fused-ring (bicyclic) bond motifs is 12. The third kappa shape index (κ3) is 4.14. The SMILES string of the molecule is c1ccc(-c2c3ccccc3c(-c3ccc(-c4cc5oc6c(ccc7sc8ccccc8c76)c5c5ccccc45)c4ccccc34)c3ccccc23)cc1. The Hall–Kier alpha value is -6.74. The highest BCUT2D eigenvalue weighted by atomic mass is 32.1. The summed E-state index contributed by atoms with van der Waals surface area (Å²) in [7, 11) is 0. The van der Waals surface area contributed by atoms with Crippen molar-refractivity contribution < 1.29 is 4.42 Å². The fraction of sp³-hybridized carbons (Fsp3) is 0. The van der Waals surface area contributed by atoms with E-state index in [1.807, 2.05) is 11.3 Å². The van der Waals surface area contributed by atoms with Crippen LogP contribution in [0.1, 0.15) is 0 Å². The van der Waals surface area contributed by atoms with E-state index in [4.69, 9.17) is 4.42 Å². The maximum absolute atomic E-state index is 6.96. The van der Waals surface area contributed by atoms with E-state index in [2.05, 4.69) is 182 Å². The molecule has 0 aliphatic carbocycles. The minimum Gasteiger partial charge on any atom is -0.455 e. The summed E-state index contributed by atoms with van der Waals surface area (Å²) in [6, 6.07) is 66.6. The van der Waals surface area contributed by atoms with Crippen molar-refractivity contribution in [2.24, 2.45) is 0 Å². The van der Waals surface area contributed by atoms with Crippen LogP contribution in [-0.4, -0.2) is 0 Å². The Kier molecular flexibility index (Phi) is 6.28. The van der Waals surface area contributed by atoms with Crippen LogP contribution in [0.4, 0.5) is 0 Å². The van der Waals surface area contributed by atoms with Crippen LogP contribution in [0.25, 0.3) is 119 Å². The molecule has 0 saturated carbocycles. The summed E-state index contributed by atoms with van der Waals surface area (Å²) >= 11 is 1.83. The Bertz CT molecular complexity index is 3440. The second kappa shape index (κ2) is 11.4. The molecule has 2 heterocycles. The van der Waals surface area contributed by atoms with Gasteiger partial charge in [-0.3, -0.25) is 0 Å². The molecule has 0 amide bonds. The van der Waals surface area contributed by atoms with E-state index >= 15 is 0 Å². The molecule has 12 rings (SSSR count). The third-order valence-electron chi connectivity index (χ3n) is 11.5. The summed E-state index contributed by atoms with van der Waals surface area (Å²) in [6.45, 7) is 0. The minimum absolute atomic E-state index is 0.920. The monoisotopic (exact) mass is 702 g/mol. The Balaban J connectivity index is 1.15. The highest BCUT2D eigenvalue weighted by molar-refractivity contribution is 7.26. The van der Waals surface area contributed by atoms with Crippen LogP contribution >= 0.6 is 11.3 Å². The molecule has 0 radical (unpaired) electrons. The second-order valence-electron chi connectivity index (χ2n) is 14.3. The minimum atomic E-state index is 0.920. The van der Waals surface area contributed by atoms with Crippen molar-refractivity contribution >= 4 is 96.5 Å². The number of thiophene rings is 1. The first-order valence-electron chi connectivity index (χ1n) is 18.5. The number of furan rings is 1. The highest BCUT2D eigenvalue weighted by Crippen LogP contribution is 2.49. The van der Waals surface area contributed by atoms with Gasteiger partial charge in [0.15, 0.2) is 0 Å². The zero-order valence-corrected chi connectivity index (χ0v) is 30.0. The molecule has 0 aliphatic rings. The Morgan fingerprint density at radius 1 is 0.315 bits per heavy atom. The van der Waals surface area contributed by atoms with Gasteiger partial charge in [0, 0.05) is 30.9 Å². The average Bonchev–Trinajstić information content (AvgIpc) is 3.81. The van der Waals surface area contributed by atoms with Gasteiger partial charge in [0.1, 0.15) is 11.2 Å². The smallest absolute Gasteiger partial charge is 0.144 e. The summed E-state index contributed by atoms with van der Waals surface area (Å²) in [5.41, 5.74) is 9.30. The lowest BCUT2D eigenvalue weighted by molar-refractivity contribution is 0.673. The molecular formula is C52H30OS. The van der Waals surface area contributed by atoms with Crippen molar-refractivity contribution in [2.75, 3.05) is 0 Å². The molecule has 0 bridgehead atoms. The molecule has 2 heteroatoms. The van der Waals surface area contributed by atoms with Gasteiger partial charge in [0.25, 0.3) is 0 Å². The summed E-state index contributed by atoms with van der Waals surface area (Å²) < 4.78 is 9.50. The molecule has 250 valence electrons. The van der Waals surface area contributed by atoms with E-state index in [-0.39, 0.29) is 0 Å². The van der Waals surface area contributed by atoms with Gasteiger partial charge in [-0.05, 0) is 101 Å². The molecule has 0 spiro atoms. The molecule has 0 unspecified atom stereocenters.